The summed E-state index contributed by atoms with van der Waals surface area (Å²) in [6.45, 7) is 14.4. The van der Waals surface area contributed by atoms with Gasteiger partial charge in [-0.15, -0.1) is 0 Å². The summed E-state index contributed by atoms with van der Waals surface area (Å²) in [5.74, 6) is 0. The third-order valence-electron chi connectivity index (χ3n) is 3.85. The number of hydrogen-bond acceptors (Lipinski definition) is 6. The molecule has 2 atom stereocenters. The molecule has 0 heterocycles. The summed E-state index contributed by atoms with van der Waals surface area (Å²) in [5.41, 5.74) is 0. The van der Waals surface area contributed by atoms with Crippen LogP contribution in [0.1, 0.15) is 46.5 Å². The quantitative estimate of drug-likeness (QED) is 0.187. The van der Waals surface area contributed by atoms with Gasteiger partial charge in [-0.3, -0.25) is 0 Å². The molecule has 151 valence electrons. The maximum absolute atomic E-state index is 6.13. The third kappa shape index (κ3) is 13.1. The molecule has 0 aliphatic carbocycles. The minimum atomic E-state index is -0.978. The van der Waals surface area contributed by atoms with E-state index in [1.807, 2.05) is 20.8 Å². The molecule has 0 aromatic rings. The van der Waals surface area contributed by atoms with Gasteiger partial charge in [-0.05, 0) is 46.5 Å². The molecule has 0 spiro atoms. The Morgan fingerprint density at radius 1 is 0.920 bits per heavy atom. The fourth-order valence-electron chi connectivity index (χ4n) is 2.21. The van der Waals surface area contributed by atoms with Crippen LogP contribution in [0.4, 0.5) is 0 Å². The molecule has 0 N–H and O–H groups in total. The number of rotatable bonds is 19. The summed E-state index contributed by atoms with van der Waals surface area (Å²) in [6.07, 6.45) is 3.20. The lowest BCUT2D eigenvalue weighted by molar-refractivity contribution is -0.0883. The molecule has 0 bridgehead atoms. The first-order valence-corrected chi connectivity index (χ1v) is 12.1. The average Bonchev–Trinajstić information content (AvgIpc) is 2.64. The second kappa shape index (κ2) is 17.6. The molecule has 0 rings (SSSR count). The smallest absolute Gasteiger partial charge is 0.196 e. The van der Waals surface area contributed by atoms with Gasteiger partial charge in [0.15, 0.2) is 19.5 Å². The van der Waals surface area contributed by atoms with Gasteiger partial charge in [0.2, 0.25) is 0 Å². The molecule has 0 aromatic carbocycles. The van der Waals surface area contributed by atoms with E-state index in [1.54, 1.807) is 7.11 Å². The van der Waals surface area contributed by atoms with Crippen LogP contribution in [0.3, 0.4) is 0 Å². The second-order valence-corrected chi connectivity index (χ2v) is 10.7. The molecule has 0 fully saturated rings. The monoisotopic (exact) mass is 395 g/mol. The van der Waals surface area contributed by atoms with E-state index in [-0.39, 0.29) is 11.1 Å². The van der Waals surface area contributed by atoms with Crippen molar-refractivity contribution in [1.29, 1.82) is 0 Å². The highest BCUT2D eigenvalue weighted by Crippen LogP contribution is 2.15. The highest BCUT2D eigenvalue weighted by Gasteiger charge is 2.32. The predicted molar refractivity (Wildman–Crippen MR) is 106 cm³/mol. The van der Waals surface area contributed by atoms with Crippen molar-refractivity contribution in [3.8, 4) is 0 Å². The fourth-order valence-corrected chi connectivity index (χ4v) is 5.33. The molecule has 0 saturated carbocycles. The summed E-state index contributed by atoms with van der Waals surface area (Å²) in [6, 6.07) is 0. The lowest BCUT2D eigenvalue weighted by Crippen LogP contribution is -2.48. The van der Waals surface area contributed by atoms with Gasteiger partial charge < -0.3 is 27.8 Å². The Morgan fingerprint density at radius 2 is 1.60 bits per heavy atom. The van der Waals surface area contributed by atoms with Crippen LogP contribution >= 0.6 is 0 Å². The van der Waals surface area contributed by atoms with E-state index in [0.717, 1.165) is 52.3 Å². The van der Waals surface area contributed by atoms with Crippen molar-refractivity contribution in [2.24, 2.45) is 0 Å². The Labute approximate surface area is 159 Å². The minimum absolute atomic E-state index is 0.176. The largest absolute Gasteiger partial charge is 0.421 e. The maximum Gasteiger partial charge on any atom is 0.196 e. The average molecular weight is 396 g/mol. The SMILES string of the molecule is [CH2]CC(OC)([SiH2]OCCCOCC)[SiH2]OC(CCCOCC)OCC. The van der Waals surface area contributed by atoms with Crippen LogP contribution in [0.5, 0.6) is 0 Å². The first-order valence-electron chi connectivity index (χ1n) is 9.48. The first-order chi connectivity index (χ1) is 12.2. The van der Waals surface area contributed by atoms with Crippen LogP contribution in [-0.4, -0.2) is 77.4 Å². The van der Waals surface area contributed by atoms with Gasteiger partial charge in [0.1, 0.15) is 6.29 Å². The summed E-state index contributed by atoms with van der Waals surface area (Å²) in [5, 5.41) is 0. The van der Waals surface area contributed by atoms with E-state index < -0.39 is 19.5 Å². The molecular weight excluding hydrogens is 356 g/mol. The van der Waals surface area contributed by atoms with E-state index in [4.69, 9.17) is 27.8 Å². The molecule has 0 aromatic heterocycles. The van der Waals surface area contributed by atoms with E-state index in [9.17, 15) is 0 Å². The number of methoxy groups -OCH3 is 1. The molecule has 0 aliphatic rings. The van der Waals surface area contributed by atoms with E-state index in [1.165, 1.54) is 0 Å². The highest BCUT2D eigenvalue weighted by molar-refractivity contribution is 6.55. The zero-order valence-corrected chi connectivity index (χ0v) is 19.5. The predicted octanol–water partition coefficient (Wildman–Crippen LogP) is 1.32. The summed E-state index contributed by atoms with van der Waals surface area (Å²) in [7, 11) is -0.123. The molecule has 2 unspecified atom stereocenters. The van der Waals surface area contributed by atoms with Crippen LogP contribution in [0.25, 0.3) is 0 Å². The molecule has 6 nitrogen and oxygen atoms in total. The third-order valence-corrected chi connectivity index (χ3v) is 8.45. The van der Waals surface area contributed by atoms with Gasteiger partial charge in [0.05, 0.1) is 4.85 Å². The van der Waals surface area contributed by atoms with Gasteiger partial charge in [0, 0.05) is 46.8 Å². The van der Waals surface area contributed by atoms with Crippen molar-refractivity contribution in [3.05, 3.63) is 6.92 Å². The Bertz CT molecular complexity index is 280. The molecule has 0 amide bonds. The Morgan fingerprint density at radius 3 is 2.16 bits per heavy atom. The van der Waals surface area contributed by atoms with Crippen LogP contribution in [-0.2, 0) is 27.8 Å². The summed E-state index contributed by atoms with van der Waals surface area (Å²) in [4.78, 5) is -0.277. The van der Waals surface area contributed by atoms with E-state index in [2.05, 4.69) is 6.92 Å². The standard InChI is InChI=1S/C17H39O6Si2/c1-6-17(18-5,24-22-15-11-14-20-8-3)25-23-16(21-9-4)12-10-13-19-7-2/h16H,1,6-15,24-25H2,2-5H3. The van der Waals surface area contributed by atoms with Crippen molar-refractivity contribution < 1.29 is 27.8 Å². The number of hydrogen-bond donors (Lipinski definition) is 0. The normalized spacial score (nSPS) is 16.2. The maximum atomic E-state index is 6.13. The van der Waals surface area contributed by atoms with Crippen molar-refractivity contribution >= 4 is 19.5 Å². The molecule has 0 aliphatic heterocycles. The van der Waals surface area contributed by atoms with Crippen LogP contribution in [0.15, 0.2) is 0 Å². The van der Waals surface area contributed by atoms with Crippen LogP contribution in [0, 0.1) is 6.92 Å². The molecule has 25 heavy (non-hydrogen) atoms. The Kier molecular flexibility index (Phi) is 17.7. The molecule has 8 heteroatoms. The summed E-state index contributed by atoms with van der Waals surface area (Å²) >= 11 is 0. The van der Waals surface area contributed by atoms with E-state index >= 15 is 0 Å². The molecular formula is C17H39O6Si2. The number of ether oxygens (including phenoxy) is 4. The zero-order valence-electron chi connectivity index (χ0n) is 16.7. The lowest BCUT2D eigenvalue weighted by atomic mass is 10.3. The minimum Gasteiger partial charge on any atom is -0.421 e. The van der Waals surface area contributed by atoms with Gasteiger partial charge >= 0.3 is 0 Å². The topological polar surface area (TPSA) is 55.4 Å². The van der Waals surface area contributed by atoms with Gasteiger partial charge in [-0.1, -0.05) is 6.92 Å². The molecule has 1 radical (unpaired) electrons. The fraction of sp³-hybridized carbons (Fsp3) is 0.941. The first kappa shape index (κ1) is 25.2. The van der Waals surface area contributed by atoms with E-state index in [0.29, 0.717) is 13.0 Å². The van der Waals surface area contributed by atoms with Crippen molar-refractivity contribution in [1.82, 2.24) is 0 Å². The lowest BCUT2D eigenvalue weighted by Gasteiger charge is -2.31. The van der Waals surface area contributed by atoms with Crippen molar-refractivity contribution in [3.63, 3.8) is 0 Å². The second-order valence-electron chi connectivity index (χ2n) is 5.78. The van der Waals surface area contributed by atoms with Gasteiger partial charge in [-0.2, -0.15) is 0 Å². The zero-order chi connectivity index (χ0) is 18.8. The Hall–Kier alpha value is 0.194. The van der Waals surface area contributed by atoms with Crippen molar-refractivity contribution in [2.45, 2.75) is 57.6 Å². The molecule has 0 saturated heterocycles. The Balaban J connectivity index is 4.24. The van der Waals surface area contributed by atoms with Crippen LogP contribution in [0.2, 0.25) is 0 Å². The van der Waals surface area contributed by atoms with Gasteiger partial charge in [0.25, 0.3) is 0 Å². The van der Waals surface area contributed by atoms with Crippen molar-refractivity contribution in [2.75, 3.05) is 46.8 Å². The summed E-state index contributed by atoms with van der Waals surface area (Å²) < 4.78 is 34.3. The van der Waals surface area contributed by atoms with Gasteiger partial charge in [-0.25, -0.2) is 0 Å². The van der Waals surface area contributed by atoms with Crippen LogP contribution < -0.4 is 0 Å². The highest BCUT2D eigenvalue weighted by atomic mass is 28.3.